The molecule has 1 amide bonds. The van der Waals surface area contributed by atoms with E-state index in [-0.39, 0.29) is 24.1 Å². The zero-order valence-corrected chi connectivity index (χ0v) is 16.8. The molecule has 30 heavy (non-hydrogen) atoms. The molecule has 0 radical (unpaired) electrons. The molecule has 7 heteroatoms. The molecule has 0 aliphatic carbocycles. The van der Waals surface area contributed by atoms with E-state index in [1.807, 2.05) is 0 Å². The van der Waals surface area contributed by atoms with Crippen molar-refractivity contribution in [2.24, 2.45) is 0 Å². The molecule has 0 bridgehead atoms. The van der Waals surface area contributed by atoms with Gasteiger partial charge in [-0.1, -0.05) is 11.8 Å². The smallest absolute Gasteiger partial charge is 0.339 e. The number of halogens is 1. The molecule has 3 N–H and O–H groups in total. The zero-order valence-electron chi connectivity index (χ0n) is 16.8. The number of benzene rings is 1. The molecular weight excluding hydrogens is 385 g/mol. The molecule has 4 rings (SSSR count). The fraction of sp³-hybridized carbons (Fsp3) is 0.304. The second kappa shape index (κ2) is 8.17. The Morgan fingerprint density at radius 2 is 2.23 bits per heavy atom. The van der Waals surface area contributed by atoms with Crippen LogP contribution in [0.3, 0.4) is 0 Å². The normalized spacial score (nSPS) is 18.7. The first-order valence-electron chi connectivity index (χ1n) is 9.95. The Morgan fingerprint density at radius 1 is 1.40 bits per heavy atom. The lowest BCUT2D eigenvalue weighted by atomic mass is 9.98. The lowest BCUT2D eigenvalue weighted by Crippen LogP contribution is -2.18. The number of amides is 1. The number of carbonyl (C=O) groups is 2. The molecule has 154 valence electrons. The van der Waals surface area contributed by atoms with Crippen LogP contribution in [-0.4, -0.2) is 36.1 Å². The van der Waals surface area contributed by atoms with Crippen molar-refractivity contribution in [3.05, 3.63) is 52.1 Å². The van der Waals surface area contributed by atoms with Crippen LogP contribution in [0.4, 0.5) is 10.1 Å². The van der Waals surface area contributed by atoms with Gasteiger partial charge in [0.1, 0.15) is 5.82 Å². The van der Waals surface area contributed by atoms with Gasteiger partial charge >= 0.3 is 5.97 Å². The van der Waals surface area contributed by atoms with Crippen LogP contribution in [0.25, 0.3) is 11.6 Å². The first-order valence-corrected chi connectivity index (χ1v) is 9.95. The predicted molar refractivity (Wildman–Crippen MR) is 112 cm³/mol. The maximum Gasteiger partial charge on any atom is 0.339 e. The third kappa shape index (κ3) is 3.62. The van der Waals surface area contributed by atoms with Crippen LogP contribution in [-0.2, 0) is 9.53 Å². The summed E-state index contributed by atoms with van der Waals surface area (Å²) in [6.45, 7) is 4.67. The van der Waals surface area contributed by atoms with Gasteiger partial charge in [-0.05, 0) is 57.0 Å². The number of hydrogen-bond donors (Lipinski definition) is 3. The largest absolute Gasteiger partial charge is 0.462 e. The monoisotopic (exact) mass is 407 g/mol. The van der Waals surface area contributed by atoms with Gasteiger partial charge in [0.25, 0.3) is 5.91 Å². The molecule has 2 aromatic rings. The van der Waals surface area contributed by atoms with Crippen LogP contribution in [0.15, 0.2) is 18.3 Å². The van der Waals surface area contributed by atoms with Gasteiger partial charge in [-0.25, -0.2) is 9.18 Å². The second-order valence-electron chi connectivity index (χ2n) is 7.24. The number of aromatic amines is 1. The SMILES string of the molecule is CCOC(=O)c1c[nH]c(C=C2C(=O)Nc3ccc(F)c(C#CC4CCCN4)c32)c1C. The molecule has 1 fully saturated rings. The molecule has 3 heterocycles. The Balaban J connectivity index is 1.77. The maximum atomic E-state index is 14.7. The van der Waals surface area contributed by atoms with Gasteiger partial charge in [-0.2, -0.15) is 0 Å². The van der Waals surface area contributed by atoms with E-state index in [0.29, 0.717) is 33.6 Å². The number of anilines is 1. The van der Waals surface area contributed by atoms with Gasteiger partial charge < -0.3 is 20.4 Å². The molecule has 1 aromatic carbocycles. The van der Waals surface area contributed by atoms with Gasteiger partial charge in [-0.15, -0.1) is 0 Å². The molecular formula is C23H22FN3O3. The summed E-state index contributed by atoms with van der Waals surface area (Å²) in [4.78, 5) is 27.7. The van der Waals surface area contributed by atoms with E-state index < -0.39 is 11.8 Å². The first-order chi connectivity index (χ1) is 14.5. The Bertz CT molecular complexity index is 1110. The van der Waals surface area contributed by atoms with E-state index in [2.05, 4.69) is 27.5 Å². The number of esters is 1. The molecule has 1 aromatic heterocycles. The lowest BCUT2D eigenvalue weighted by Gasteiger charge is -2.05. The van der Waals surface area contributed by atoms with Crippen molar-refractivity contribution in [1.29, 1.82) is 0 Å². The minimum atomic E-state index is -0.475. The molecule has 1 atom stereocenters. The van der Waals surface area contributed by atoms with Crippen LogP contribution in [0.5, 0.6) is 0 Å². The van der Waals surface area contributed by atoms with E-state index in [0.717, 1.165) is 19.4 Å². The molecule has 1 saturated heterocycles. The highest BCUT2D eigenvalue weighted by atomic mass is 19.1. The van der Waals surface area contributed by atoms with Crippen molar-refractivity contribution < 1.29 is 18.7 Å². The molecule has 0 spiro atoms. The number of H-pyrrole nitrogens is 1. The Labute approximate surface area is 173 Å². The Morgan fingerprint density at radius 3 is 2.97 bits per heavy atom. The van der Waals surface area contributed by atoms with Gasteiger partial charge in [0.05, 0.1) is 35.0 Å². The predicted octanol–water partition coefficient (Wildman–Crippen LogP) is 3.24. The molecule has 2 aliphatic heterocycles. The van der Waals surface area contributed by atoms with Gasteiger partial charge in [0.15, 0.2) is 0 Å². The fourth-order valence-corrected chi connectivity index (χ4v) is 3.72. The van der Waals surface area contributed by atoms with Gasteiger partial charge in [0.2, 0.25) is 0 Å². The van der Waals surface area contributed by atoms with Crippen LogP contribution in [0.2, 0.25) is 0 Å². The number of ether oxygens (including phenoxy) is 1. The van der Waals surface area contributed by atoms with Gasteiger partial charge in [-0.3, -0.25) is 4.79 Å². The van der Waals surface area contributed by atoms with Crippen molar-refractivity contribution in [3.63, 3.8) is 0 Å². The first kappa shape index (κ1) is 19.9. The number of carbonyl (C=O) groups excluding carboxylic acids is 2. The summed E-state index contributed by atoms with van der Waals surface area (Å²) in [7, 11) is 0. The number of nitrogens with one attached hydrogen (secondary N) is 3. The summed E-state index contributed by atoms with van der Waals surface area (Å²) >= 11 is 0. The summed E-state index contributed by atoms with van der Waals surface area (Å²) in [5.41, 5.74) is 3.09. The van der Waals surface area contributed by atoms with Crippen LogP contribution < -0.4 is 10.6 Å². The minimum Gasteiger partial charge on any atom is -0.462 e. The summed E-state index contributed by atoms with van der Waals surface area (Å²) in [5, 5.41) is 6.03. The Hall–Kier alpha value is -3.37. The summed E-state index contributed by atoms with van der Waals surface area (Å²) in [6.07, 6.45) is 5.12. The molecule has 1 unspecified atom stereocenters. The number of fused-ring (bicyclic) bond motifs is 1. The topological polar surface area (TPSA) is 83.2 Å². The van der Waals surface area contributed by atoms with Crippen molar-refractivity contribution in [3.8, 4) is 11.8 Å². The average Bonchev–Trinajstić information content (AvgIpc) is 3.43. The minimum absolute atomic E-state index is 0.0236. The summed E-state index contributed by atoms with van der Waals surface area (Å²) < 4.78 is 19.7. The van der Waals surface area contributed by atoms with Crippen LogP contribution in [0, 0.1) is 24.6 Å². The Kier molecular flexibility index (Phi) is 5.42. The zero-order chi connectivity index (χ0) is 21.3. The van der Waals surface area contributed by atoms with Crippen molar-refractivity contribution >= 4 is 29.2 Å². The number of hydrogen-bond acceptors (Lipinski definition) is 4. The van der Waals surface area contributed by atoms with E-state index in [1.165, 1.54) is 12.1 Å². The van der Waals surface area contributed by atoms with Crippen molar-refractivity contribution in [2.45, 2.75) is 32.7 Å². The lowest BCUT2D eigenvalue weighted by molar-refractivity contribution is -0.110. The molecule has 2 aliphatic rings. The highest BCUT2D eigenvalue weighted by molar-refractivity contribution is 6.35. The van der Waals surface area contributed by atoms with Gasteiger partial charge in [0, 0.05) is 17.5 Å². The number of rotatable bonds is 3. The van der Waals surface area contributed by atoms with Crippen molar-refractivity contribution in [1.82, 2.24) is 10.3 Å². The van der Waals surface area contributed by atoms with Crippen LogP contribution >= 0.6 is 0 Å². The maximum absolute atomic E-state index is 14.7. The average molecular weight is 407 g/mol. The highest BCUT2D eigenvalue weighted by Gasteiger charge is 2.29. The second-order valence-corrected chi connectivity index (χ2v) is 7.24. The number of aromatic nitrogens is 1. The molecule has 0 saturated carbocycles. The van der Waals surface area contributed by atoms with Crippen molar-refractivity contribution in [2.75, 3.05) is 18.5 Å². The van der Waals surface area contributed by atoms with E-state index >= 15 is 0 Å². The highest BCUT2D eigenvalue weighted by Crippen LogP contribution is 2.37. The summed E-state index contributed by atoms with van der Waals surface area (Å²) in [5.74, 6) is 4.76. The van der Waals surface area contributed by atoms with E-state index in [9.17, 15) is 14.0 Å². The fourth-order valence-electron chi connectivity index (χ4n) is 3.72. The quantitative estimate of drug-likeness (QED) is 0.414. The summed E-state index contributed by atoms with van der Waals surface area (Å²) in [6, 6.07) is 2.87. The van der Waals surface area contributed by atoms with E-state index in [4.69, 9.17) is 4.74 Å². The third-order valence-electron chi connectivity index (χ3n) is 5.31. The molecule has 6 nitrogen and oxygen atoms in total. The van der Waals surface area contributed by atoms with Crippen LogP contribution in [0.1, 0.15) is 52.5 Å². The van der Waals surface area contributed by atoms with E-state index in [1.54, 1.807) is 26.1 Å². The third-order valence-corrected chi connectivity index (χ3v) is 5.31. The standard InChI is InChI=1S/C23H22FN3O3/c1-3-30-23(29)17-12-26-20(13(17)2)11-16-21-15(7-6-14-5-4-10-25-14)18(24)8-9-19(21)27-22(16)28/h8-9,11-12,14,25-26H,3-5,10H2,1-2H3,(H,27,28).